The van der Waals surface area contributed by atoms with Crippen LogP contribution < -0.4 is 5.43 Å². The summed E-state index contributed by atoms with van der Waals surface area (Å²) in [7, 11) is 0. The van der Waals surface area contributed by atoms with Gasteiger partial charge in [0.05, 0.1) is 11.9 Å². The van der Waals surface area contributed by atoms with Crippen LogP contribution in [0.15, 0.2) is 66.2 Å². The van der Waals surface area contributed by atoms with E-state index in [1.54, 1.807) is 0 Å². The zero-order valence-electron chi connectivity index (χ0n) is 12.0. The zero-order chi connectivity index (χ0) is 15.4. The maximum atomic E-state index is 11.9. The maximum absolute atomic E-state index is 11.9. The molecule has 0 unspecified atom stereocenters. The number of hydrogen-bond acceptors (Lipinski definition) is 4. The molecule has 0 saturated heterocycles. The molecule has 0 spiro atoms. The van der Waals surface area contributed by atoms with Crippen molar-refractivity contribution in [2.45, 2.75) is 6.92 Å². The molecule has 1 aromatic heterocycles. The van der Waals surface area contributed by atoms with Crippen molar-refractivity contribution in [2.24, 2.45) is 5.10 Å². The van der Waals surface area contributed by atoms with Gasteiger partial charge in [0.2, 0.25) is 0 Å². The van der Waals surface area contributed by atoms with E-state index >= 15 is 0 Å². The van der Waals surface area contributed by atoms with Gasteiger partial charge < -0.3 is 0 Å². The van der Waals surface area contributed by atoms with Crippen LogP contribution in [0.1, 0.15) is 23.0 Å². The third-order valence-corrected chi connectivity index (χ3v) is 3.30. The van der Waals surface area contributed by atoms with Gasteiger partial charge in [0.25, 0.3) is 5.91 Å². The van der Waals surface area contributed by atoms with Crippen molar-refractivity contribution in [3.63, 3.8) is 0 Å². The van der Waals surface area contributed by atoms with Crippen LogP contribution in [0.4, 0.5) is 0 Å². The number of carbonyl (C=O) groups is 1. The Labute approximate surface area is 127 Å². The van der Waals surface area contributed by atoms with Gasteiger partial charge in [-0.25, -0.2) is 10.4 Å². The molecule has 3 aromatic rings. The third kappa shape index (κ3) is 2.83. The monoisotopic (exact) mass is 290 g/mol. The van der Waals surface area contributed by atoms with E-state index in [2.05, 4.69) is 20.5 Å². The second-order valence-electron chi connectivity index (χ2n) is 4.76. The van der Waals surface area contributed by atoms with Gasteiger partial charge in [0.15, 0.2) is 0 Å². The van der Waals surface area contributed by atoms with Crippen molar-refractivity contribution in [1.82, 2.24) is 15.4 Å². The summed E-state index contributed by atoms with van der Waals surface area (Å²) in [5, 5.41) is 6.40. The van der Waals surface area contributed by atoms with E-state index in [0.717, 1.165) is 22.0 Å². The van der Waals surface area contributed by atoms with Crippen LogP contribution in [0.25, 0.3) is 10.8 Å². The Kier molecular flexibility index (Phi) is 3.87. The molecule has 2 aromatic carbocycles. The quantitative estimate of drug-likeness (QED) is 0.596. The highest BCUT2D eigenvalue weighted by Gasteiger charge is 2.07. The van der Waals surface area contributed by atoms with Crippen molar-refractivity contribution < 1.29 is 4.79 Å². The fraction of sp³-hybridized carbons (Fsp3) is 0.0588. The predicted octanol–water partition coefficient (Wildman–Crippen LogP) is 2.78. The first-order chi connectivity index (χ1) is 10.8. The van der Waals surface area contributed by atoms with Crippen molar-refractivity contribution >= 4 is 22.4 Å². The van der Waals surface area contributed by atoms with Crippen molar-refractivity contribution in [3.05, 3.63) is 72.3 Å². The molecular weight excluding hydrogens is 276 g/mol. The number of fused-ring (bicyclic) bond motifs is 1. The van der Waals surface area contributed by atoms with Gasteiger partial charge in [0, 0.05) is 18.0 Å². The van der Waals surface area contributed by atoms with Crippen molar-refractivity contribution in [2.75, 3.05) is 0 Å². The first-order valence-electron chi connectivity index (χ1n) is 6.84. The van der Waals surface area contributed by atoms with E-state index in [1.165, 1.54) is 18.6 Å². The van der Waals surface area contributed by atoms with E-state index in [9.17, 15) is 4.79 Å². The predicted molar refractivity (Wildman–Crippen MR) is 85.7 cm³/mol. The summed E-state index contributed by atoms with van der Waals surface area (Å²) >= 11 is 0. The summed E-state index contributed by atoms with van der Waals surface area (Å²) in [6.07, 6.45) is 4.38. The maximum Gasteiger partial charge on any atom is 0.291 e. The van der Waals surface area contributed by atoms with E-state index in [4.69, 9.17) is 0 Å². The number of nitrogens with zero attached hydrogens (tertiary/aromatic N) is 3. The molecule has 3 rings (SSSR count). The number of carbonyl (C=O) groups excluding carboxylic acids is 1. The van der Waals surface area contributed by atoms with Crippen LogP contribution in [0, 0.1) is 0 Å². The number of rotatable bonds is 3. The molecule has 0 atom stereocenters. The van der Waals surface area contributed by atoms with Gasteiger partial charge in [-0.1, -0.05) is 42.5 Å². The molecule has 0 saturated carbocycles. The largest absolute Gasteiger partial charge is 0.291 e. The van der Waals surface area contributed by atoms with E-state index in [-0.39, 0.29) is 11.6 Å². The molecule has 0 aliphatic carbocycles. The van der Waals surface area contributed by atoms with Crippen LogP contribution in [0.5, 0.6) is 0 Å². The minimum atomic E-state index is -0.382. The molecule has 1 amide bonds. The molecular formula is C17H14N4O. The molecule has 5 nitrogen and oxygen atoms in total. The Morgan fingerprint density at radius 1 is 1.09 bits per heavy atom. The fourth-order valence-electron chi connectivity index (χ4n) is 2.21. The van der Waals surface area contributed by atoms with Crippen molar-refractivity contribution in [3.8, 4) is 0 Å². The van der Waals surface area contributed by atoms with Gasteiger partial charge >= 0.3 is 0 Å². The first-order valence-corrected chi connectivity index (χ1v) is 6.84. The van der Waals surface area contributed by atoms with Crippen LogP contribution >= 0.6 is 0 Å². The Morgan fingerprint density at radius 3 is 2.73 bits per heavy atom. The molecule has 0 bridgehead atoms. The molecule has 0 aliphatic rings. The average Bonchev–Trinajstić information content (AvgIpc) is 2.59. The van der Waals surface area contributed by atoms with Crippen molar-refractivity contribution in [1.29, 1.82) is 0 Å². The highest BCUT2D eigenvalue weighted by molar-refractivity contribution is 6.10. The molecule has 0 fully saturated rings. The number of hydrogen-bond donors (Lipinski definition) is 1. The third-order valence-electron chi connectivity index (χ3n) is 3.30. The molecule has 1 heterocycles. The number of nitrogens with one attached hydrogen (secondary N) is 1. The average molecular weight is 290 g/mol. The van der Waals surface area contributed by atoms with Crippen LogP contribution in [-0.4, -0.2) is 21.6 Å². The Bertz CT molecular complexity index is 838. The summed E-state index contributed by atoms with van der Waals surface area (Å²) in [6, 6.07) is 14.1. The van der Waals surface area contributed by atoms with Gasteiger partial charge in [-0.05, 0) is 17.7 Å². The summed E-state index contributed by atoms with van der Waals surface area (Å²) < 4.78 is 0. The fourth-order valence-corrected chi connectivity index (χ4v) is 2.21. The number of hydrazone groups is 1. The standard InChI is InChI=1S/C17H14N4O/c1-12(20-21-17(22)16-11-18-9-10-19-16)14-8-4-6-13-5-2-3-7-15(13)14/h2-11H,1H3,(H,21,22)/b20-12+. The Hall–Kier alpha value is -3.08. The summed E-state index contributed by atoms with van der Waals surface area (Å²) in [6.45, 7) is 1.86. The Balaban J connectivity index is 1.86. The SMILES string of the molecule is C/C(=N\NC(=O)c1cnccn1)c1cccc2ccccc12. The number of benzene rings is 2. The molecule has 5 heteroatoms. The van der Waals surface area contributed by atoms with Gasteiger partial charge in [-0.15, -0.1) is 0 Å². The zero-order valence-corrected chi connectivity index (χ0v) is 12.0. The topological polar surface area (TPSA) is 67.2 Å². The van der Waals surface area contributed by atoms with Gasteiger partial charge in [-0.3, -0.25) is 9.78 Å². The summed E-state index contributed by atoms with van der Waals surface area (Å²) in [5.74, 6) is -0.382. The lowest BCUT2D eigenvalue weighted by Gasteiger charge is -2.06. The lowest BCUT2D eigenvalue weighted by Crippen LogP contribution is -2.20. The summed E-state index contributed by atoms with van der Waals surface area (Å²) in [4.78, 5) is 19.7. The van der Waals surface area contributed by atoms with Gasteiger partial charge in [0.1, 0.15) is 5.69 Å². The number of aromatic nitrogens is 2. The van der Waals surface area contributed by atoms with Crippen LogP contribution in [-0.2, 0) is 0 Å². The minimum absolute atomic E-state index is 0.233. The molecule has 22 heavy (non-hydrogen) atoms. The second kappa shape index (κ2) is 6.13. The first kappa shape index (κ1) is 13.9. The highest BCUT2D eigenvalue weighted by atomic mass is 16.2. The van der Waals surface area contributed by atoms with Crippen LogP contribution in [0.2, 0.25) is 0 Å². The Morgan fingerprint density at radius 2 is 1.91 bits per heavy atom. The number of amides is 1. The normalized spacial score (nSPS) is 11.4. The molecule has 1 N–H and O–H groups in total. The summed E-state index contributed by atoms with van der Waals surface area (Å²) in [5.41, 5.74) is 4.46. The molecule has 108 valence electrons. The minimum Gasteiger partial charge on any atom is -0.265 e. The highest BCUT2D eigenvalue weighted by Crippen LogP contribution is 2.18. The lowest BCUT2D eigenvalue weighted by molar-refractivity contribution is 0.0949. The molecule has 0 aliphatic heterocycles. The van der Waals surface area contributed by atoms with E-state index < -0.39 is 0 Å². The molecule has 0 radical (unpaired) electrons. The smallest absolute Gasteiger partial charge is 0.265 e. The van der Waals surface area contributed by atoms with Gasteiger partial charge in [-0.2, -0.15) is 5.10 Å². The van der Waals surface area contributed by atoms with E-state index in [0.29, 0.717) is 0 Å². The lowest BCUT2D eigenvalue weighted by atomic mass is 10.0. The van der Waals surface area contributed by atoms with Crippen LogP contribution in [0.3, 0.4) is 0 Å². The second-order valence-corrected chi connectivity index (χ2v) is 4.76. The van der Waals surface area contributed by atoms with E-state index in [1.807, 2.05) is 49.4 Å².